The van der Waals surface area contributed by atoms with Crippen molar-refractivity contribution in [3.05, 3.63) is 84.7 Å². The number of likely N-dealkylation sites (tertiary alicyclic amines) is 2. The van der Waals surface area contributed by atoms with Gasteiger partial charge in [0.25, 0.3) is 5.91 Å². The fourth-order valence-corrected chi connectivity index (χ4v) is 9.70. The molecule has 3 atom stereocenters. The van der Waals surface area contributed by atoms with Crippen LogP contribution < -0.4 is 29.7 Å². The van der Waals surface area contributed by atoms with E-state index >= 15 is 0 Å². The number of nitrogens with one attached hydrogen (secondary N) is 2. The summed E-state index contributed by atoms with van der Waals surface area (Å²) in [5.74, 6) is 0.852. The molecule has 7 heterocycles. The number of hydrogen-bond acceptors (Lipinski definition) is 12. The van der Waals surface area contributed by atoms with E-state index in [9.17, 15) is 18.8 Å². The number of fused-ring (bicyclic) bond motifs is 2. The average molecular weight is 816 g/mol. The van der Waals surface area contributed by atoms with Crippen LogP contribution in [0.1, 0.15) is 42.2 Å². The molecule has 0 bridgehead atoms. The Bertz CT molecular complexity index is 2440. The predicted molar refractivity (Wildman–Crippen MR) is 219 cm³/mol. The normalized spacial score (nSPS) is 23.6. The maximum atomic E-state index is 14.8. The molecular weight excluding hydrogens is 770 g/mol. The second-order valence-corrected chi connectivity index (χ2v) is 16.6. The third kappa shape index (κ3) is 6.96. The van der Waals surface area contributed by atoms with Crippen molar-refractivity contribution < 1.29 is 33.0 Å². The van der Waals surface area contributed by atoms with Gasteiger partial charge >= 0.3 is 0 Å². The first-order valence-corrected chi connectivity index (χ1v) is 20.6. The Morgan fingerprint density at radius 3 is 2.23 bits per heavy atom. The Balaban J connectivity index is 0.728. The molecule has 2 N–H and O–H groups in total. The highest BCUT2D eigenvalue weighted by Crippen LogP contribution is 2.47. The minimum Gasteiger partial charge on any atom is -0.494 e. The van der Waals surface area contributed by atoms with Crippen LogP contribution in [0.25, 0.3) is 22.2 Å². The molecular formula is C44H46FN9O6. The number of imide groups is 1. The van der Waals surface area contributed by atoms with E-state index in [2.05, 4.69) is 40.0 Å². The maximum absolute atomic E-state index is 14.8. The molecule has 10 rings (SSSR count). The maximum Gasteiger partial charge on any atom is 0.270 e. The van der Waals surface area contributed by atoms with E-state index in [1.165, 1.54) is 7.11 Å². The van der Waals surface area contributed by atoms with Gasteiger partial charge in [0, 0.05) is 69.5 Å². The van der Waals surface area contributed by atoms with Gasteiger partial charge in [-0.25, -0.2) is 4.98 Å². The molecule has 3 aromatic heterocycles. The number of ether oxygens (including phenoxy) is 3. The summed E-state index contributed by atoms with van der Waals surface area (Å²) < 4.78 is 33.7. The first-order valence-electron chi connectivity index (χ1n) is 20.6. The molecule has 2 aromatic carbocycles. The monoisotopic (exact) mass is 815 g/mol. The van der Waals surface area contributed by atoms with Crippen molar-refractivity contribution in [2.75, 3.05) is 58.4 Å². The van der Waals surface area contributed by atoms with Crippen molar-refractivity contribution in [3.8, 4) is 34.3 Å². The van der Waals surface area contributed by atoms with Crippen molar-refractivity contribution in [1.82, 2.24) is 40.2 Å². The third-order valence-corrected chi connectivity index (χ3v) is 13.1. The highest BCUT2D eigenvalue weighted by Gasteiger charge is 2.48. The zero-order chi connectivity index (χ0) is 41.1. The highest BCUT2D eigenvalue weighted by atomic mass is 19.1. The molecule has 4 saturated heterocycles. The van der Waals surface area contributed by atoms with E-state index in [-0.39, 0.29) is 42.0 Å². The van der Waals surface area contributed by atoms with E-state index < -0.39 is 23.7 Å². The number of rotatable bonds is 11. The summed E-state index contributed by atoms with van der Waals surface area (Å²) in [6.07, 6.45) is 7.93. The summed E-state index contributed by atoms with van der Waals surface area (Å²) in [4.78, 5) is 52.5. The first-order chi connectivity index (χ1) is 29.2. The zero-order valence-electron chi connectivity index (χ0n) is 33.4. The fraction of sp³-hybridized carbons (Fsp3) is 0.409. The van der Waals surface area contributed by atoms with E-state index in [4.69, 9.17) is 19.3 Å². The molecule has 5 fully saturated rings. The third-order valence-electron chi connectivity index (χ3n) is 13.1. The lowest BCUT2D eigenvalue weighted by Gasteiger charge is -2.54. The smallest absolute Gasteiger partial charge is 0.270 e. The number of piperidine rings is 1. The number of halogens is 1. The lowest BCUT2D eigenvalue weighted by Crippen LogP contribution is -2.69. The Kier molecular flexibility index (Phi) is 9.83. The topological polar surface area (TPSA) is 156 Å². The van der Waals surface area contributed by atoms with Crippen molar-refractivity contribution in [1.29, 1.82) is 0 Å². The number of carbonyl (C=O) groups excluding carboxylic acids is 3. The Morgan fingerprint density at radius 2 is 1.53 bits per heavy atom. The molecule has 5 aliphatic rings. The number of nitrogens with zero attached hydrogens (tertiary/aromatic N) is 7. The van der Waals surface area contributed by atoms with Gasteiger partial charge in [0.05, 0.1) is 43.7 Å². The summed E-state index contributed by atoms with van der Waals surface area (Å²) in [7, 11) is 3.10. The largest absolute Gasteiger partial charge is 0.494 e. The molecule has 16 heteroatoms. The molecule has 4 aliphatic heterocycles. The lowest BCUT2D eigenvalue weighted by molar-refractivity contribution is -0.134. The molecule has 5 aromatic rings. The number of hydrogen-bond donors (Lipinski definition) is 2. The highest BCUT2D eigenvalue weighted by molar-refractivity contribution is 6.03. The molecule has 0 spiro atoms. The molecule has 0 radical (unpaired) electrons. The standard InChI is InChI=1S/C44H46FN9O6/c1-58-36-4-3-5-37(40(36)45)60-32-9-6-25(7-10-32)41-33-17-46-18-38(59-2)42(33)54(50-41)29-14-26-19-51(20-27(26)15-29)30-23-53(24-30)31-21-52(22-31)28-8-11-34(47-16-28)43(56)48-35-12-13-39(55)49-44(35)57/h3-11,16-18,26-27,29-31,35H,12-15,19-24H2,1-2H3,(H,48,56)(H,49,55,57). The zero-order valence-corrected chi connectivity index (χ0v) is 33.4. The molecule has 15 nitrogen and oxygen atoms in total. The van der Waals surface area contributed by atoms with Crippen molar-refractivity contribution in [2.45, 2.75) is 49.9 Å². The van der Waals surface area contributed by atoms with E-state index in [1.807, 2.05) is 36.5 Å². The molecule has 1 aliphatic carbocycles. The predicted octanol–water partition coefficient (Wildman–Crippen LogP) is 4.43. The second kappa shape index (κ2) is 15.5. The number of benzene rings is 2. The van der Waals surface area contributed by atoms with Gasteiger partial charge in [-0.2, -0.15) is 9.49 Å². The molecule has 3 amide bonds. The Labute approximate surface area is 345 Å². The summed E-state index contributed by atoms with van der Waals surface area (Å²) in [5, 5.41) is 11.1. The van der Waals surface area contributed by atoms with Crippen LogP contribution in [0.5, 0.6) is 23.0 Å². The van der Waals surface area contributed by atoms with Gasteiger partial charge in [0.2, 0.25) is 17.6 Å². The molecule has 60 heavy (non-hydrogen) atoms. The van der Waals surface area contributed by atoms with Crippen LogP contribution >= 0.6 is 0 Å². The van der Waals surface area contributed by atoms with Crippen LogP contribution in [0.2, 0.25) is 0 Å². The van der Waals surface area contributed by atoms with Gasteiger partial charge in [0.15, 0.2) is 17.2 Å². The summed E-state index contributed by atoms with van der Waals surface area (Å²) in [5.41, 5.74) is 3.89. The Morgan fingerprint density at radius 1 is 0.817 bits per heavy atom. The summed E-state index contributed by atoms with van der Waals surface area (Å²) in [6.45, 7) is 6.20. The van der Waals surface area contributed by atoms with E-state index in [1.54, 1.807) is 43.8 Å². The van der Waals surface area contributed by atoms with Gasteiger partial charge in [0.1, 0.15) is 28.7 Å². The van der Waals surface area contributed by atoms with Crippen molar-refractivity contribution >= 4 is 34.3 Å². The summed E-state index contributed by atoms with van der Waals surface area (Å²) >= 11 is 0. The number of methoxy groups -OCH3 is 2. The fourth-order valence-electron chi connectivity index (χ4n) is 9.70. The van der Waals surface area contributed by atoms with Crippen molar-refractivity contribution in [3.63, 3.8) is 0 Å². The SMILES string of the molecule is COc1cccc(Oc2ccc(-c3nn(C4CC5CN(C6CN(C7CN(c8ccc(C(=O)NC9CCC(=O)NC9=O)nc8)C7)C6)CC5C4)c4c(OC)cncc34)cc2)c1F. The number of pyridine rings is 2. The van der Waals surface area contributed by atoms with Crippen LogP contribution in [0.4, 0.5) is 10.1 Å². The summed E-state index contributed by atoms with van der Waals surface area (Å²) in [6, 6.07) is 16.5. The van der Waals surface area contributed by atoms with Gasteiger partial charge in [-0.1, -0.05) is 6.07 Å². The van der Waals surface area contributed by atoms with Crippen LogP contribution in [0.15, 0.2) is 73.2 Å². The molecule has 310 valence electrons. The first kappa shape index (κ1) is 38.1. The van der Waals surface area contributed by atoms with Gasteiger partial charge in [-0.15, -0.1) is 0 Å². The van der Waals surface area contributed by atoms with Gasteiger partial charge < -0.3 is 24.4 Å². The van der Waals surface area contributed by atoms with Crippen LogP contribution in [-0.2, 0) is 9.59 Å². The molecule has 3 unspecified atom stereocenters. The van der Waals surface area contributed by atoms with Gasteiger partial charge in [-0.3, -0.25) is 39.2 Å². The minimum absolute atomic E-state index is 0.0926. The lowest BCUT2D eigenvalue weighted by atomic mass is 9.98. The second-order valence-electron chi connectivity index (χ2n) is 16.6. The van der Waals surface area contributed by atoms with Crippen LogP contribution in [0, 0.1) is 17.7 Å². The van der Waals surface area contributed by atoms with Crippen LogP contribution in [-0.4, -0.2) is 119 Å². The van der Waals surface area contributed by atoms with E-state index in [0.29, 0.717) is 35.4 Å². The Hall–Kier alpha value is -6.13. The number of anilines is 1. The minimum atomic E-state index is -0.731. The average Bonchev–Trinajstić information content (AvgIpc) is 3.93. The number of amides is 3. The number of carbonyl (C=O) groups is 3. The van der Waals surface area contributed by atoms with Gasteiger partial charge in [-0.05, 0) is 79.6 Å². The quantitative estimate of drug-likeness (QED) is 0.181. The van der Waals surface area contributed by atoms with Crippen molar-refractivity contribution in [2.24, 2.45) is 11.8 Å². The molecule has 1 saturated carbocycles. The van der Waals surface area contributed by atoms with E-state index in [0.717, 1.165) is 80.0 Å². The van der Waals surface area contributed by atoms with Crippen LogP contribution in [0.3, 0.4) is 0 Å². The number of aromatic nitrogens is 4.